The number of anilines is 1. The van der Waals surface area contributed by atoms with Crippen molar-refractivity contribution in [2.75, 3.05) is 31.8 Å². The summed E-state index contributed by atoms with van der Waals surface area (Å²) in [5.74, 6) is -1.33. The second kappa shape index (κ2) is 8.28. The topological polar surface area (TPSA) is 73.7 Å². The Hall–Kier alpha value is -3.19. The van der Waals surface area contributed by atoms with Crippen LogP contribution in [0.15, 0.2) is 48.5 Å². The van der Waals surface area contributed by atoms with E-state index in [1.54, 1.807) is 14.0 Å². The van der Waals surface area contributed by atoms with Gasteiger partial charge in [-0.1, -0.05) is 42.0 Å². The van der Waals surface area contributed by atoms with Crippen molar-refractivity contribution < 1.29 is 19.1 Å². The van der Waals surface area contributed by atoms with Crippen LogP contribution in [0.1, 0.15) is 24.1 Å². The van der Waals surface area contributed by atoms with Gasteiger partial charge in [-0.2, -0.15) is 0 Å². The van der Waals surface area contributed by atoms with Gasteiger partial charge in [-0.15, -0.1) is 0 Å². The van der Waals surface area contributed by atoms with Crippen LogP contribution in [-0.2, 0) is 19.1 Å². The summed E-state index contributed by atoms with van der Waals surface area (Å²) < 4.78 is 12.5. The lowest BCUT2D eigenvalue weighted by molar-refractivity contribution is -0.153. The number of hydrogen-bond donors (Lipinski definition) is 0. The minimum absolute atomic E-state index is 0.207. The first-order valence-corrected chi connectivity index (χ1v) is 10.1. The number of aromatic nitrogens is 2. The van der Waals surface area contributed by atoms with Crippen molar-refractivity contribution in [3.8, 4) is 0 Å². The number of methoxy groups -OCH3 is 1. The van der Waals surface area contributed by atoms with Crippen molar-refractivity contribution in [3.63, 3.8) is 0 Å². The summed E-state index contributed by atoms with van der Waals surface area (Å²) in [5.41, 5.74) is 3.56. The number of rotatable bonds is 6. The van der Waals surface area contributed by atoms with Crippen LogP contribution in [0, 0.1) is 12.8 Å². The Balaban J connectivity index is 1.98. The summed E-state index contributed by atoms with van der Waals surface area (Å²) in [6.07, 6.45) is 0. The van der Waals surface area contributed by atoms with Crippen LogP contribution in [0.3, 0.4) is 0 Å². The van der Waals surface area contributed by atoms with E-state index >= 15 is 0 Å². The van der Waals surface area contributed by atoms with Gasteiger partial charge in [0.1, 0.15) is 0 Å². The third-order valence-corrected chi connectivity index (χ3v) is 5.39. The number of carbonyl (C=O) groups is 2. The first-order chi connectivity index (χ1) is 14.6. The Morgan fingerprint density at radius 2 is 1.97 bits per heavy atom. The molecule has 1 aliphatic rings. The number of ether oxygens (including phenoxy) is 2. The number of carbonyl (C=O) groups excluding carboxylic acids is 2. The Kier molecular flexibility index (Phi) is 5.55. The lowest BCUT2D eigenvalue weighted by atomic mass is 9.88. The third kappa shape index (κ3) is 3.35. The summed E-state index contributed by atoms with van der Waals surface area (Å²) in [4.78, 5) is 32.9. The highest BCUT2D eigenvalue weighted by Gasteiger charge is 2.47. The zero-order valence-corrected chi connectivity index (χ0v) is 17.4. The molecule has 1 aromatic heterocycles. The van der Waals surface area contributed by atoms with Gasteiger partial charge in [-0.25, -0.2) is 4.98 Å². The average Bonchev–Trinajstić information content (AvgIpc) is 3.11. The van der Waals surface area contributed by atoms with Crippen LogP contribution < -0.4 is 4.90 Å². The molecule has 2 heterocycles. The number of nitrogens with zero attached hydrogens (tertiary/aromatic N) is 3. The molecule has 0 saturated heterocycles. The molecule has 1 amide bonds. The Morgan fingerprint density at radius 1 is 1.17 bits per heavy atom. The van der Waals surface area contributed by atoms with Gasteiger partial charge in [0, 0.05) is 7.11 Å². The third-order valence-electron chi connectivity index (χ3n) is 5.39. The number of para-hydroxylation sites is 2. The van der Waals surface area contributed by atoms with Gasteiger partial charge in [0.15, 0.2) is 5.92 Å². The average molecular weight is 407 g/mol. The Labute approximate surface area is 175 Å². The molecular weight excluding hydrogens is 382 g/mol. The number of benzene rings is 2. The SMILES string of the molecule is CCOC(=O)[C@H]1C(=O)N(CCOC)c2nc3ccccc3n2[C@H]1c1cccc(C)c1. The molecular formula is C23H25N3O4. The maximum Gasteiger partial charge on any atom is 0.321 e. The molecule has 7 nitrogen and oxygen atoms in total. The number of hydrogen-bond acceptors (Lipinski definition) is 5. The molecule has 3 aromatic rings. The fraction of sp³-hybridized carbons (Fsp3) is 0.348. The summed E-state index contributed by atoms with van der Waals surface area (Å²) in [6, 6.07) is 15.0. The maximum atomic E-state index is 13.6. The molecule has 2 atom stereocenters. The predicted molar refractivity (Wildman–Crippen MR) is 113 cm³/mol. The van der Waals surface area contributed by atoms with E-state index in [-0.39, 0.29) is 12.5 Å². The van der Waals surface area contributed by atoms with Crippen molar-refractivity contribution >= 4 is 28.9 Å². The summed E-state index contributed by atoms with van der Waals surface area (Å²) in [5, 5.41) is 0. The first-order valence-electron chi connectivity index (χ1n) is 10.1. The quantitative estimate of drug-likeness (QED) is 0.464. The minimum Gasteiger partial charge on any atom is -0.465 e. The van der Waals surface area contributed by atoms with Gasteiger partial charge < -0.3 is 14.0 Å². The van der Waals surface area contributed by atoms with E-state index in [2.05, 4.69) is 0 Å². The maximum absolute atomic E-state index is 13.6. The van der Waals surface area contributed by atoms with Gasteiger partial charge in [0.2, 0.25) is 11.9 Å². The standard InChI is InChI=1S/C23H25N3O4/c1-4-30-22(28)19-20(16-9-7-8-15(2)14-16)26-18-11-6-5-10-17(18)24-23(26)25(21(19)27)12-13-29-3/h5-11,14,19-20H,4,12-13H2,1-3H3/t19-,20+/m1/s1. The highest BCUT2D eigenvalue weighted by Crippen LogP contribution is 2.41. The summed E-state index contributed by atoms with van der Waals surface area (Å²) in [7, 11) is 1.58. The molecule has 0 radical (unpaired) electrons. The van der Waals surface area contributed by atoms with E-state index in [9.17, 15) is 9.59 Å². The zero-order valence-electron chi connectivity index (χ0n) is 17.4. The molecule has 0 unspecified atom stereocenters. The highest BCUT2D eigenvalue weighted by molar-refractivity contribution is 6.08. The number of imidazole rings is 1. The van der Waals surface area contributed by atoms with Crippen molar-refractivity contribution in [2.45, 2.75) is 19.9 Å². The molecule has 1 aliphatic heterocycles. The van der Waals surface area contributed by atoms with E-state index in [0.29, 0.717) is 19.1 Å². The van der Waals surface area contributed by atoms with Crippen LogP contribution in [0.5, 0.6) is 0 Å². The fourth-order valence-corrected chi connectivity index (χ4v) is 4.10. The second-order valence-electron chi connectivity index (χ2n) is 7.34. The van der Waals surface area contributed by atoms with Crippen LogP contribution >= 0.6 is 0 Å². The smallest absolute Gasteiger partial charge is 0.321 e. The van der Waals surface area contributed by atoms with Crippen LogP contribution in [0.25, 0.3) is 11.0 Å². The molecule has 0 N–H and O–H groups in total. The van der Waals surface area contributed by atoms with Crippen molar-refractivity contribution in [3.05, 3.63) is 59.7 Å². The molecule has 30 heavy (non-hydrogen) atoms. The zero-order chi connectivity index (χ0) is 21.3. The van der Waals surface area contributed by atoms with E-state index in [1.165, 1.54) is 4.90 Å². The molecule has 4 rings (SSSR count). The molecule has 156 valence electrons. The van der Waals surface area contributed by atoms with E-state index in [0.717, 1.165) is 22.2 Å². The predicted octanol–water partition coefficient (Wildman–Crippen LogP) is 3.11. The van der Waals surface area contributed by atoms with Gasteiger partial charge in [0.25, 0.3) is 0 Å². The van der Waals surface area contributed by atoms with E-state index in [1.807, 2.05) is 60.0 Å². The van der Waals surface area contributed by atoms with Crippen molar-refractivity contribution in [1.82, 2.24) is 9.55 Å². The number of amides is 1. The highest BCUT2D eigenvalue weighted by atomic mass is 16.5. The fourth-order valence-electron chi connectivity index (χ4n) is 4.10. The summed E-state index contributed by atoms with van der Waals surface area (Å²) in [6.45, 7) is 4.58. The van der Waals surface area contributed by atoms with Crippen LogP contribution in [0.4, 0.5) is 5.95 Å². The largest absolute Gasteiger partial charge is 0.465 e. The van der Waals surface area contributed by atoms with E-state index in [4.69, 9.17) is 14.5 Å². The summed E-state index contributed by atoms with van der Waals surface area (Å²) >= 11 is 0. The number of fused-ring (bicyclic) bond motifs is 3. The van der Waals surface area contributed by atoms with Crippen LogP contribution in [-0.4, -0.2) is 48.3 Å². The van der Waals surface area contributed by atoms with Crippen molar-refractivity contribution in [1.29, 1.82) is 0 Å². The Bertz CT molecular complexity index is 1090. The molecule has 2 aromatic carbocycles. The van der Waals surface area contributed by atoms with Crippen LogP contribution in [0.2, 0.25) is 0 Å². The molecule has 0 aliphatic carbocycles. The van der Waals surface area contributed by atoms with Crippen molar-refractivity contribution in [2.24, 2.45) is 5.92 Å². The monoisotopic (exact) mass is 407 g/mol. The molecule has 0 fully saturated rings. The molecule has 7 heteroatoms. The Morgan fingerprint density at radius 3 is 2.70 bits per heavy atom. The lowest BCUT2D eigenvalue weighted by Crippen LogP contribution is -2.51. The van der Waals surface area contributed by atoms with Gasteiger partial charge in [-0.05, 0) is 31.5 Å². The first kappa shape index (κ1) is 20.1. The van der Waals surface area contributed by atoms with Gasteiger partial charge >= 0.3 is 5.97 Å². The lowest BCUT2D eigenvalue weighted by Gasteiger charge is -2.37. The van der Waals surface area contributed by atoms with Gasteiger partial charge in [0.05, 0.1) is 36.8 Å². The molecule has 0 saturated carbocycles. The minimum atomic E-state index is -1.01. The number of esters is 1. The number of aryl methyl sites for hydroxylation is 1. The molecule has 0 spiro atoms. The molecule has 0 bridgehead atoms. The van der Waals surface area contributed by atoms with Gasteiger partial charge in [-0.3, -0.25) is 14.5 Å². The van der Waals surface area contributed by atoms with E-state index < -0.39 is 17.9 Å². The normalized spacial score (nSPS) is 18.5. The second-order valence-corrected chi connectivity index (χ2v) is 7.34.